The van der Waals surface area contributed by atoms with Crippen molar-refractivity contribution in [2.45, 2.75) is 49.9 Å². The zero-order valence-corrected chi connectivity index (χ0v) is 15.2. The van der Waals surface area contributed by atoms with Crippen LogP contribution in [0.1, 0.15) is 36.3 Å². The predicted molar refractivity (Wildman–Crippen MR) is 99.1 cm³/mol. The fourth-order valence-corrected chi connectivity index (χ4v) is 3.92. The highest BCUT2D eigenvalue weighted by molar-refractivity contribution is 14.0. The number of rotatable bonds is 3. The average molecular weight is 413 g/mol. The van der Waals surface area contributed by atoms with Crippen LogP contribution in [0.3, 0.4) is 0 Å². The van der Waals surface area contributed by atoms with Gasteiger partial charge < -0.3 is 15.4 Å². The van der Waals surface area contributed by atoms with Gasteiger partial charge in [-0.15, -0.1) is 24.0 Å². The molecule has 2 N–H and O–H groups in total. The van der Waals surface area contributed by atoms with Crippen LogP contribution in [0.2, 0.25) is 0 Å². The Morgan fingerprint density at radius 2 is 2.18 bits per heavy atom. The first kappa shape index (κ1) is 16.1. The van der Waals surface area contributed by atoms with Gasteiger partial charge in [-0.05, 0) is 36.8 Å². The summed E-state index contributed by atoms with van der Waals surface area (Å²) in [7, 11) is 1.85. The topological polar surface area (TPSA) is 45.7 Å². The van der Waals surface area contributed by atoms with Crippen molar-refractivity contribution in [3.05, 3.63) is 35.4 Å². The molecule has 22 heavy (non-hydrogen) atoms. The Labute approximate surface area is 149 Å². The van der Waals surface area contributed by atoms with E-state index in [9.17, 15) is 0 Å². The summed E-state index contributed by atoms with van der Waals surface area (Å²) < 4.78 is 5.89. The SMILES string of the molecule is CN=C(NCC1Cc2ccccc21)NC1CC2CCC1O2.I. The van der Waals surface area contributed by atoms with Crippen LogP contribution in [-0.2, 0) is 11.2 Å². The molecule has 5 heteroatoms. The highest BCUT2D eigenvalue weighted by Crippen LogP contribution is 2.35. The van der Waals surface area contributed by atoms with Gasteiger partial charge in [-0.1, -0.05) is 24.3 Å². The molecular weight excluding hydrogens is 389 g/mol. The Morgan fingerprint density at radius 3 is 2.86 bits per heavy atom. The number of benzene rings is 1. The lowest BCUT2D eigenvalue weighted by atomic mass is 9.78. The minimum Gasteiger partial charge on any atom is -0.373 e. The van der Waals surface area contributed by atoms with E-state index in [0.29, 0.717) is 24.2 Å². The van der Waals surface area contributed by atoms with Crippen LogP contribution in [0.15, 0.2) is 29.3 Å². The molecule has 2 saturated heterocycles. The lowest BCUT2D eigenvalue weighted by Crippen LogP contribution is -2.48. The minimum atomic E-state index is 0. The normalized spacial score (nSPS) is 32.0. The quantitative estimate of drug-likeness (QED) is 0.455. The first-order valence-corrected chi connectivity index (χ1v) is 8.04. The number of ether oxygens (including phenoxy) is 1. The fourth-order valence-electron chi connectivity index (χ4n) is 3.92. The van der Waals surface area contributed by atoms with Gasteiger partial charge in [-0.25, -0.2) is 0 Å². The van der Waals surface area contributed by atoms with Gasteiger partial charge in [0.1, 0.15) is 0 Å². The van der Waals surface area contributed by atoms with Gasteiger partial charge in [0.2, 0.25) is 0 Å². The van der Waals surface area contributed by atoms with E-state index in [1.807, 2.05) is 7.05 Å². The summed E-state index contributed by atoms with van der Waals surface area (Å²) in [5.41, 5.74) is 2.98. The maximum absolute atomic E-state index is 5.89. The summed E-state index contributed by atoms with van der Waals surface area (Å²) in [6, 6.07) is 9.16. The molecule has 0 amide bonds. The van der Waals surface area contributed by atoms with Gasteiger partial charge in [0.15, 0.2) is 5.96 Å². The van der Waals surface area contributed by atoms with Crippen molar-refractivity contribution >= 4 is 29.9 Å². The maximum Gasteiger partial charge on any atom is 0.191 e. The van der Waals surface area contributed by atoms with Crippen LogP contribution in [0, 0.1) is 0 Å². The van der Waals surface area contributed by atoms with E-state index in [-0.39, 0.29) is 24.0 Å². The molecule has 4 nitrogen and oxygen atoms in total. The highest BCUT2D eigenvalue weighted by atomic mass is 127. The number of fused-ring (bicyclic) bond motifs is 3. The molecule has 2 aliphatic heterocycles. The molecule has 1 aromatic carbocycles. The first-order valence-electron chi connectivity index (χ1n) is 8.04. The Hall–Kier alpha value is -0.820. The number of nitrogens with zero attached hydrogens (tertiary/aromatic N) is 1. The zero-order valence-electron chi connectivity index (χ0n) is 12.9. The first-order chi connectivity index (χ1) is 10.3. The van der Waals surface area contributed by atoms with Crippen molar-refractivity contribution < 1.29 is 4.74 Å². The van der Waals surface area contributed by atoms with E-state index < -0.39 is 0 Å². The smallest absolute Gasteiger partial charge is 0.191 e. The van der Waals surface area contributed by atoms with Crippen LogP contribution < -0.4 is 10.6 Å². The third-order valence-electron chi connectivity index (χ3n) is 5.13. The predicted octanol–water partition coefficient (Wildman–Crippen LogP) is 2.43. The Morgan fingerprint density at radius 1 is 1.32 bits per heavy atom. The second-order valence-corrected chi connectivity index (χ2v) is 6.41. The summed E-state index contributed by atoms with van der Waals surface area (Å²) in [6.07, 6.45) is 5.58. The van der Waals surface area contributed by atoms with Crippen molar-refractivity contribution in [1.29, 1.82) is 0 Å². The molecule has 0 saturated carbocycles. The van der Waals surface area contributed by atoms with Crippen molar-refractivity contribution in [1.82, 2.24) is 10.6 Å². The second kappa shape index (κ2) is 6.74. The molecular formula is C17H24IN3O. The number of nitrogens with one attached hydrogen (secondary N) is 2. The Kier molecular flexibility index (Phi) is 4.92. The van der Waals surface area contributed by atoms with Crippen LogP contribution in [0.4, 0.5) is 0 Å². The monoisotopic (exact) mass is 413 g/mol. The zero-order chi connectivity index (χ0) is 14.2. The fraction of sp³-hybridized carbons (Fsp3) is 0.588. The van der Waals surface area contributed by atoms with E-state index in [4.69, 9.17) is 4.74 Å². The maximum atomic E-state index is 5.89. The van der Waals surface area contributed by atoms with E-state index in [0.717, 1.165) is 18.9 Å². The number of hydrogen-bond acceptors (Lipinski definition) is 2. The number of hydrogen-bond donors (Lipinski definition) is 2. The van der Waals surface area contributed by atoms with Gasteiger partial charge in [-0.3, -0.25) is 4.99 Å². The number of guanidine groups is 1. The Balaban J connectivity index is 0.00000144. The van der Waals surface area contributed by atoms with Gasteiger partial charge in [0.25, 0.3) is 0 Å². The third kappa shape index (κ3) is 2.97. The molecule has 2 fully saturated rings. The summed E-state index contributed by atoms with van der Waals surface area (Å²) in [4.78, 5) is 4.36. The molecule has 0 radical (unpaired) electrons. The molecule has 1 aromatic rings. The molecule has 4 rings (SSSR count). The molecule has 4 atom stereocenters. The second-order valence-electron chi connectivity index (χ2n) is 6.41. The van der Waals surface area contributed by atoms with E-state index >= 15 is 0 Å². The summed E-state index contributed by atoms with van der Waals surface area (Å²) in [6.45, 7) is 0.957. The van der Waals surface area contributed by atoms with E-state index in [2.05, 4.69) is 39.9 Å². The van der Waals surface area contributed by atoms with Crippen LogP contribution in [-0.4, -0.2) is 37.8 Å². The summed E-state index contributed by atoms with van der Waals surface area (Å²) >= 11 is 0. The van der Waals surface area contributed by atoms with E-state index in [1.165, 1.54) is 30.4 Å². The van der Waals surface area contributed by atoms with Gasteiger partial charge >= 0.3 is 0 Å². The molecule has 120 valence electrons. The summed E-state index contributed by atoms with van der Waals surface area (Å²) in [5.74, 6) is 1.54. The molecule has 3 aliphatic rings. The third-order valence-corrected chi connectivity index (χ3v) is 5.13. The van der Waals surface area contributed by atoms with Crippen LogP contribution in [0.5, 0.6) is 0 Å². The molecule has 0 spiro atoms. The number of aliphatic imine (C=N–C) groups is 1. The van der Waals surface area contributed by atoms with Crippen LogP contribution >= 0.6 is 24.0 Å². The van der Waals surface area contributed by atoms with Crippen molar-refractivity contribution in [3.63, 3.8) is 0 Å². The van der Waals surface area contributed by atoms with Gasteiger partial charge in [0, 0.05) is 19.5 Å². The van der Waals surface area contributed by atoms with Gasteiger partial charge in [-0.2, -0.15) is 0 Å². The summed E-state index contributed by atoms with van der Waals surface area (Å²) in [5, 5.41) is 7.02. The number of halogens is 1. The van der Waals surface area contributed by atoms with Gasteiger partial charge in [0.05, 0.1) is 18.2 Å². The average Bonchev–Trinajstić information content (AvgIpc) is 3.09. The molecule has 1 aliphatic carbocycles. The van der Waals surface area contributed by atoms with Crippen molar-refractivity contribution in [2.24, 2.45) is 4.99 Å². The molecule has 0 aromatic heterocycles. The minimum absolute atomic E-state index is 0. The van der Waals surface area contributed by atoms with Crippen LogP contribution in [0.25, 0.3) is 0 Å². The standard InChI is InChI=1S/C17H23N3O.HI/c1-18-17(20-15-9-13-6-7-16(15)21-13)19-10-12-8-11-4-2-3-5-14(11)12;/h2-5,12-13,15-16H,6-10H2,1H3,(H2,18,19,20);1H. The largest absolute Gasteiger partial charge is 0.373 e. The lowest BCUT2D eigenvalue weighted by molar-refractivity contribution is 0.0992. The van der Waals surface area contributed by atoms with Crippen molar-refractivity contribution in [2.75, 3.05) is 13.6 Å². The lowest BCUT2D eigenvalue weighted by Gasteiger charge is -2.31. The van der Waals surface area contributed by atoms with Crippen molar-refractivity contribution in [3.8, 4) is 0 Å². The molecule has 2 heterocycles. The molecule has 4 unspecified atom stereocenters. The Bertz CT molecular complexity index is 563. The van der Waals surface area contributed by atoms with E-state index in [1.54, 1.807) is 0 Å². The highest BCUT2D eigenvalue weighted by Gasteiger charge is 2.41. The molecule has 2 bridgehead atoms.